The smallest absolute Gasteiger partial charge is 0.434 e. The lowest BCUT2D eigenvalue weighted by atomic mass is 10.1. The molecule has 0 radical (unpaired) electrons. The number of benzene rings is 3. The molecule has 4 aromatic rings. The summed E-state index contributed by atoms with van der Waals surface area (Å²) in [6, 6.07) is 7.21. The lowest BCUT2D eigenvalue weighted by Crippen LogP contribution is -2.17. The molecule has 0 aliphatic heterocycles. The van der Waals surface area contributed by atoms with E-state index in [2.05, 4.69) is 25.8 Å². The Balaban J connectivity index is 0.000000300. The van der Waals surface area contributed by atoms with Crippen LogP contribution in [0, 0.1) is 15.9 Å². The van der Waals surface area contributed by atoms with Crippen LogP contribution in [0.15, 0.2) is 53.0 Å². The van der Waals surface area contributed by atoms with Crippen LogP contribution in [0.1, 0.15) is 52.7 Å². The molecule has 55 heavy (non-hydrogen) atoms. The van der Waals surface area contributed by atoms with E-state index in [4.69, 9.17) is 37.4 Å². The Morgan fingerprint density at radius 2 is 1.58 bits per heavy atom. The summed E-state index contributed by atoms with van der Waals surface area (Å²) in [5.41, 5.74) is -4.02. The van der Waals surface area contributed by atoms with Gasteiger partial charge < -0.3 is 18.9 Å². The van der Waals surface area contributed by atoms with Crippen molar-refractivity contribution in [2.75, 3.05) is 13.2 Å². The molecule has 4 rings (SSSR count). The number of rotatable bonds is 10. The van der Waals surface area contributed by atoms with Gasteiger partial charge in [-0.05, 0) is 73.1 Å². The van der Waals surface area contributed by atoms with Gasteiger partial charge in [0.15, 0.2) is 12.3 Å². The molecule has 0 spiro atoms. The maximum absolute atomic E-state index is 14.3. The minimum atomic E-state index is -4.69. The number of carbonyl (C=O) groups is 3. The first kappa shape index (κ1) is 44.4. The van der Waals surface area contributed by atoms with Crippen LogP contribution >= 0.6 is 39.1 Å². The van der Waals surface area contributed by atoms with Gasteiger partial charge in [-0.1, -0.05) is 23.2 Å². The Morgan fingerprint density at radius 1 is 0.927 bits per heavy atom. The molecule has 0 saturated heterocycles. The van der Waals surface area contributed by atoms with Crippen molar-refractivity contribution < 1.29 is 69.0 Å². The summed E-state index contributed by atoms with van der Waals surface area (Å²) in [7, 11) is 1.08. The summed E-state index contributed by atoms with van der Waals surface area (Å²) >= 11 is 14.5. The van der Waals surface area contributed by atoms with Gasteiger partial charge in [0.25, 0.3) is 5.69 Å². The van der Waals surface area contributed by atoms with Crippen LogP contribution in [0.5, 0.6) is 11.5 Å². The predicted molar refractivity (Wildman–Crippen MR) is 183 cm³/mol. The summed E-state index contributed by atoms with van der Waals surface area (Å²) in [4.78, 5) is 45.8. The summed E-state index contributed by atoms with van der Waals surface area (Å²) in [6.45, 7) is 4.05. The molecule has 1 aromatic heterocycles. The third kappa shape index (κ3) is 11.5. The number of esters is 3. The maximum atomic E-state index is 14.3. The summed E-state index contributed by atoms with van der Waals surface area (Å²) in [5.74, 6) is -4.09. The normalized spacial score (nSPS) is 11.4. The van der Waals surface area contributed by atoms with Crippen molar-refractivity contribution in [1.82, 2.24) is 9.78 Å². The highest BCUT2D eigenvalue weighted by molar-refractivity contribution is 9.10. The SMILES string of the molecule is CC(C)OC(=O)c1cc(-c2nn(C)c(C(F)(F)F)c2Br)c(F)cc1Cl.CCOC(=O)COC(=O)c1cc(Oc2ccc(C(F)(F)F)cc2Cl)ccc1[N+](=O)[O-]. The topological polar surface area (TPSA) is 149 Å². The van der Waals surface area contributed by atoms with Gasteiger partial charge in [0.1, 0.15) is 28.6 Å². The molecule has 0 aliphatic carbocycles. The molecule has 296 valence electrons. The molecule has 0 bridgehead atoms. The number of alkyl halides is 6. The average Bonchev–Trinajstić information content (AvgIpc) is 3.37. The number of aryl methyl sites for hydroxylation is 1. The van der Waals surface area contributed by atoms with Gasteiger partial charge in [0.05, 0.1) is 43.3 Å². The molecular formula is C33H25BrCl2F7N3O9. The molecular weight excluding hydrogens is 866 g/mol. The minimum absolute atomic E-state index is 0.0493. The van der Waals surface area contributed by atoms with Crippen molar-refractivity contribution in [2.45, 2.75) is 39.2 Å². The molecule has 3 aromatic carbocycles. The van der Waals surface area contributed by atoms with Crippen molar-refractivity contribution in [2.24, 2.45) is 7.05 Å². The maximum Gasteiger partial charge on any atom is 0.434 e. The van der Waals surface area contributed by atoms with Crippen molar-refractivity contribution in [1.29, 1.82) is 0 Å². The quantitative estimate of drug-likeness (QED) is 0.0495. The average molecular weight is 891 g/mol. The van der Waals surface area contributed by atoms with E-state index in [1.165, 1.54) is 6.92 Å². The van der Waals surface area contributed by atoms with Crippen LogP contribution in [0.2, 0.25) is 10.0 Å². The third-order valence-electron chi connectivity index (χ3n) is 6.63. The zero-order chi connectivity index (χ0) is 41.6. The fourth-order valence-corrected chi connectivity index (χ4v) is 5.56. The van der Waals surface area contributed by atoms with Crippen LogP contribution in [0.25, 0.3) is 11.3 Å². The van der Waals surface area contributed by atoms with E-state index in [1.807, 2.05) is 0 Å². The van der Waals surface area contributed by atoms with E-state index >= 15 is 0 Å². The van der Waals surface area contributed by atoms with E-state index < -0.39 is 80.7 Å². The zero-order valence-electron chi connectivity index (χ0n) is 28.4. The summed E-state index contributed by atoms with van der Waals surface area (Å²) < 4.78 is 111. The second-order valence-electron chi connectivity index (χ2n) is 11.0. The highest BCUT2D eigenvalue weighted by Crippen LogP contribution is 2.41. The number of aromatic nitrogens is 2. The Kier molecular flexibility index (Phi) is 14.6. The van der Waals surface area contributed by atoms with Crippen molar-refractivity contribution in [3.63, 3.8) is 0 Å². The van der Waals surface area contributed by atoms with Gasteiger partial charge >= 0.3 is 30.3 Å². The lowest BCUT2D eigenvalue weighted by molar-refractivity contribution is -0.385. The highest BCUT2D eigenvalue weighted by atomic mass is 79.9. The van der Waals surface area contributed by atoms with E-state index in [1.54, 1.807) is 13.8 Å². The molecule has 0 unspecified atom stereocenters. The van der Waals surface area contributed by atoms with Gasteiger partial charge in [-0.15, -0.1) is 0 Å². The molecule has 0 N–H and O–H groups in total. The number of halogens is 10. The van der Waals surface area contributed by atoms with Crippen LogP contribution in [-0.2, 0) is 38.4 Å². The van der Waals surface area contributed by atoms with Gasteiger partial charge in [-0.25, -0.2) is 18.8 Å². The number of ether oxygens (including phenoxy) is 4. The Hall–Kier alpha value is -4.95. The highest BCUT2D eigenvalue weighted by Gasteiger charge is 2.39. The van der Waals surface area contributed by atoms with Gasteiger partial charge in [0, 0.05) is 24.7 Å². The number of nitro groups is 1. The van der Waals surface area contributed by atoms with E-state index in [9.17, 15) is 55.2 Å². The molecule has 0 amide bonds. The van der Waals surface area contributed by atoms with E-state index in [-0.39, 0.29) is 45.0 Å². The molecule has 12 nitrogen and oxygen atoms in total. The van der Waals surface area contributed by atoms with Gasteiger partial charge in [0.2, 0.25) is 0 Å². The zero-order valence-corrected chi connectivity index (χ0v) is 31.5. The third-order valence-corrected chi connectivity index (χ3v) is 7.99. The second kappa shape index (κ2) is 18.1. The molecule has 0 fully saturated rings. The first-order valence-corrected chi connectivity index (χ1v) is 16.7. The fraction of sp³-hybridized carbons (Fsp3) is 0.273. The molecule has 0 aliphatic rings. The largest absolute Gasteiger partial charge is 0.463 e. The second-order valence-corrected chi connectivity index (χ2v) is 12.6. The minimum Gasteiger partial charge on any atom is -0.463 e. The summed E-state index contributed by atoms with van der Waals surface area (Å²) in [5, 5.41) is 14.3. The van der Waals surface area contributed by atoms with Gasteiger partial charge in [-0.2, -0.15) is 31.4 Å². The van der Waals surface area contributed by atoms with Crippen LogP contribution < -0.4 is 4.74 Å². The molecule has 0 atom stereocenters. The van der Waals surface area contributed by atoms with E-state index in [0.29, 0.717) is 10.7 Å². The molecule has 22 heteroatoms. The lowest BCUT2D eigenvalue weighted by Gasteiger charge is -2.12. The molecule has 1 heterocycles. The van der Waals surface area contributed by atoms with Crippen LogP contribution in [-0.4, -0.2) is 51.9 Å². The molecule has 0 saturated carbocycles. The van der Waals surface area contributed by atoms with Crippen molar-refractivity contribution >= 4 is 62.7 Å². The first-order valence-electron chi connectivity index (χ1n) is 15.1. The van der Waals surface area contributed by atoms with Crippen molar-refractivity contribution in [3.05, 3.63) is 101 Å². The number of hydrogen-bond donors (Lipinski definition) is 0. The Bertz CT molecular complexity index is 2110. The predicted octanol–water partition coefficient (Wildman–Crippen LogP) is 10.0. The van der Waals surface area contributed by atoms with Crippen LogP contribution in [0.4, 0.5) is 36.4 Å². The van der Waals surface area contributed by atoms with Crippen molar-refractivity contribution in [3.8, 4) is 22.8 Å². The monoisotopic (exact) mass is 889 g/mol. The Labute approximate surface area is 324 Å². The standard InChI is InChI=1S/C18H13ClF3NO7.C15H12BrClF4N2O2/c1-2-28-16(24)9-29-17(25)12-8-11(4-5-14(12)23(26)27)30-15-6-3-10(7-13(15)19)18(20,21)22;1-6(2)25-14(24)7-4-8(10(18)5-9(7)17)12-11(16)13(15(19,20)21)23(3)22-12/h3-8H,2,9H2,1H3;4-6H,1-3H3. The number of hydrogen-bond acceptors (Lipinski definition) is 10. The summed E-state index contributed by atoms with van der Waals surface area (Å²) in [6.07, 6.45) is -9.75. The van der Waals surface area contributed by atoms with E-state index in [0.717, 1.165) is 49.5 Å². The first-order chi connectivity index (χ1) is 25.5. The van der Waals surface area contributed by atoms with Crippen LogP contribution in [0.3, 0.4) is 0 Å². The Morgan fingerprint density at radius 3 is 2.11 bits per heavy atom. The number of carbonyl (C=O) groups excluding carboxylic acids is 3. The number of nitro benzene ring substituents is 1. The fourth-order valence-electron chi connectivity index (χ4n) is 4.34. The number of nitrogens with zero attached hydrogens (tertiary/aromatic N) is 3. The van der Waals surface area contributed by atoms with Gasteiger partial charge in [-0.3, -0.25) is 14.8 Å².